The SMILES string of the molecule is CC(=O)Nc1cccc(NC(=O)CSc2nnc(N/N=C(\C)c3ccc4c(c3)OCO4)n2N)c1. The molecule has 5 N–H and O–H groups in total. The summed E-state index contributed by atoms with van der Waals surface area (Å²) in [6, 6.07) is 12.4. The number of benzene rings is 2. The van der Waals surface area contributed by atoms with Gasteiger partial charge >= 0.3 is 0 Å². The molecular formula is C21H22N8O4S. The van der Waals surface area contributed by atoms with Gasteiger partial charge in [-0.25, -0.2) is 10.1 Å². The van der Waals surface area contributed by atoms with Gasteiger partial charge in [-0.15, -0.1) is 10.2 Å². The molecule has 2 amide bonds. The van der Waals surface area contributed by atoms with Gasteiger partial charge in [0.1, 0.15) is 0 Å². The van der Waals surface area contributed by atoms with E-state index in [-0.39, 0.29) is 30.3 Å². The molecule has 12 nitrogen and oxygen atoms in total. The Bertz CT molecular complexity index is 1260. The third-order valence-electron chi connectivity index (χ3n) is 4.58. The van der Waals surface area contributed by atoms with E-state index in [1.165, 1.54) is 11.6 Å². The topological polar surface area (TPSA) is 158 Å². The van der Waals surface area contributed by atoms with Crippen LogP contribution in [-0.4, -0.2) is 44.9 Å². The minimum absolute atomic E-state index is 0.0548. The number of hydrogen-bond donors (Lipinski definition) is 4. The van der Waals surface area contributed by atoms with Gasteiger partial charge in [0.25, 0.3) is 5.95 Å². The largest absolute Gasteiger partial charge is 0.454 e. The summed E-state index contributed by atoms with van der Waals surface area (Å²) in [5.41, 5.74) is 5.45. The van der Waals surface area contributed by atoms with Gasteiger partial charge in [-0.1, -0.05) is 17.8 Å². The van der Waals surface area contributed by atoms with E-state index in [4.69, 9.17) is 15.3 Å². The molecule has 0 fully saturated rings. The number of fused-ring (bicyclic) bond motifs is 1. The number of rotatable bonds is 8. The summed E-state index contributed by atoms with van der Waals surface area (Å²) in [6.45, 7) is 3.44. The van der Waals surface area contributed by atoms with Crippen molar-refractivity contribution in [1.82, 2.24) is 14.9 Å². The number of nitrogens with zero attached hydrogens (tertiary/aromatic N) is 4. The van der Waals surface area contributed by atoms with E-state index in [0.29, 0.717) is 33.7 Å². The van der Waals surface area contributed by atoms with Crippen molar-refractivity contribution in [3.8, 4) is 11.5 Å². The molecule has 0 spiro atoms. The van der Waals surface area contributed by atoms with Crippen LogP contribution in [0.15, 0.2) is 52.7 Å². The van der Waals surface area contributed by atoms with Crippen LogP contribution in [0.3, 0.4) is 0 Å². The third kappa shape index (κ3) is 5.56. The number of thioether (sulfide) groups is 1. The summed E-state index contributed by atoms with van der Waals surface area (Å²) in [5.74, 6) is 7.20. The maximum absolute atomic E-state index is 12.3. The Morgan fingerprint density at radius 2 is 1.85 bits per heavy atom. The molecule has 0 saturated carbocycles. The molecule has 4 rings (SSSR count). The number of hydrazone groups is 1. The van der Waals surface area contributed by atoms with Crippen molar-refractivity contribution in [2.24, 2.45) is 5.10 Å². The van der Waals surface area contributed by atoms with Crippen LogP contribution in [0.5, 0.6) is 11.5 Å². The number of ether oxygens (including phenoxy) is 2. The predicted octanol–water partition coefficient (Wildman–Crippen LogP) is 2.25. The number of amides is 2. The molecule has 0 atom stereocenters. The lowest BCUT2D eigenvalue weighted by Crippen LogP contribution is -2.17. The van der Waals surface area contributed by atoms with Crippen LogP contribution in [0, 0.1) is 0 Å². The fraction of sp³-hybridized carbons (Fsp3) is 0.190. The first-order valence-electron chi connectivity index (χ1n) is 10.1. The number of nitrogens with one attached hydrogen (secondary N) is 3. The van der Waals surface area contributed by atoms with Crippen LogP contribution in [0.25, 0.3) is 0 Å². The Labute approximate surface area is 198 Å². The highest BCUT2D eigenvalue weighted by molar-refractivity contribution is 7.99. The number of hydrogen-bond acceptors (Lipinski definition) is 10. The predicted molar refractivity (Wildman–Crippen MR) is 129 cm³/mol. The van der Waals surface area contributed by atoms with Gasteiger partial charge in [-0.05, 0) is 43.3 Å². The fourth-order valence-electron chi connectivity index (χ4n) is 2.98. The van der Waals surface area contributed by atoms with E-state index in [2.05, 4.69) is 31.4 Å². The number of aromatic nitrogens is 3. The summed E-state index contributed by atoms with van der Waals surface area (Å²) < 4.78 is 11.9. The monoisotopic (exact) mass is 482 g/mol. The fourth-order valence-corrected chi connectivity index (χ4v) is 3.63. The minimum Gasteiger partial charge on any atom is -0.454 e. The van der Waals surface area contributed by atoms with E-state index in [1.54, 1.807) is 24.3 Å². The molecule has 2 heterocycles. The van der Waals surface area contributed by atoms with Crippen molar-refractivity contribution in [2.45, 2.75) is 19.0 Å². The Kier molecular flexibility index (Phi) is 6.82. The second-order valence-corrected chi connectivity index (χ2v) is 8.09. The standard InChI is InChI=1S/C21H22N8O4S/c1-12(14-6-7-17-18(8-14)33-11-32-17)25-26-20-27-28-21(29(20)22)34-10-19(31)24-16-5-3-4-15(9-16)23-13(2)30/h3-9H,10-11,22H2,1-2H3,(H,23,30)(H,24,31)(H,26,27)/b25-12+. The second-order valence-electron chi connectivity index (χ2n) is 7.15. The average molecular weight is 483 g/mol. The van der Waals surface area contributed by atoms with E-state index in [0.717, 1.165) is 17.3 Å². The average Bonchev–Trinajstić information content (AvgIpc) is 3.41. The molecular weight excluding hydrogens is 460 g/mol. The number of carbonyl (C=O) groups excluding carboxylic acids is 2. The van der Waals surface area contributed by atoms with E-state index >= 15 is 0 Å². The van der Waals surface area contributed by atoms with Crippen LogP contribution >= 0.6 is 11.8 Å². The molecule has 1 aliphatic heterocycles. The Balaban J connectivity index is 1.32. The van der Waals surface area contributed by atoms with Gasteiger partial charge < -0.3 is 25.9 Å². The number of carbonyl (C=O) groups is 2. The first-order valence-corrected chi connectivity index (χ1v) is 11.1. The van der Waals surface area contributed by atoms with Gasteiger partial charge in [0, 0.05) is 23.9 Å². The first kappa shape index (κ1) is 22.9. The summed E-state index contributed by atoms with van der Waals surface area (Å²) in [6.07, 6.45) is 0. The summed E-state index contributed by atoms with van der Waals surface area (Å²) in [7, 11) is 0. The lowest BCUT2D eigenvalue weighted by Gasteiger charge is -2.08. The molecule has 1 aromatic heterocycles. The van der Waals surface area contributed by atoms with Gasteiger partial charge in [0.15, 0.2) is 11.5 Å². The van der Waals surface area contributed by atoms with E-state index < -0.39 is 0 Å². The zero-order valence-corrected chi connectivity index (χ0v) is 19.2. The number of anilines is 3. The molecule has 3 aromatic rings. The minimum atomic E-state index is -0.265. The van der Waals surface area contributed by atoms with Crippen LogP contribution in [0.2, 0.25) is 0 Å². The molecule has 2 aromatic carbocycles. The Morgan fingerprint density at radius 1 is 1.09 bits per heavy atom. The molecule has 0 radical (unpaired) electrons. The van der Waals surface area contributed by atoms with Gasteiger partial charge in [0.05, 0.1) is 11.5 Å². The molecule has 0 aliphatic carbocycles. The normalized spacial score (nSPS) is 12.4. The van der Waals surface area contributed by atoms with Crippen molar-refractivity contribution < 1.29 is 19.1 Å². The van der Waals surface area contributed by atoms with Crippen molar-refractivity contribution in [2.75, 3.05) is 34.4 Å². The number of nitrogen functional groups attached to an aromatic ring is 1. The zero-order valence-electron chi connectivity index (χ0n) is 18.4. The van der Waals surface area contributed by atoms with Crippen molar-refractivity contribution in [3.63, 3.8) is 0 Å². The molecule has 176 valence electrons. The highest BCUT2D eigenvalue weighted by atomic mass is 32.2. The molecule has 0 bridgehead atoms. The van der Waals surface area contributed by atoms with Gasteiger partial charge in [-0.2, -0.15) is 5.10 Å². The van der Waals surface area contributed by atoms with E-state index in [9.17, 15) is 9.59 Å². The zero-order chi connectivity index (χ0) is 24.1. The van der Waals surface area contributed by atoms with Gasteiger partial charge in [-0.3, -0.25) is 9.59 Å². The van der Waals surface area contributed by atoms with Crippen LogP contribution in [0.1, 0.15) is 19.4 Å². The summed E-state index contributed by atoms with van der Waals surface area (Å²) in [4.78, 5) is 23.5. The summed E-state index contributed by atoms with van der Waals surface area (Å²) >= 11 is 1.12. The molecule has 0 saturated heterocycles. The van der Waals surface area contributed by atoms with Crippen molar-refractivity contribution in [3.05, 3.63) is 48.0 Å². The number of nitrogens with two attached hydrogens (primary N) is 1. The first-order chi connectivity index (χ1) is 16.4. The maximum Gasteiger partial charge on any atom is 0.264 e. The Morgan fingerprint density at radius 3 is 2.65 bits per heavy atom. The lowest BCUT2D eigenvalue weighted by atomic mass is 10.1. The van der Waals surface area contributed by atoms with Crippen molar-refractivity contribution >= 4 is 46.6 Å². The van der Waals surface area contributed by atoms with Crippen LogP contribution in [0.4, 0.5) is 17.3 Å². The van der Waals surface area contributed by atoms with Crippen LogP contribution < -0.4 is 31.4 Å². The quantitative estimate of drug-likeness (QED) is 0.163. The molecule has 1 aliphatic rings. The van der Waals surface area contributed by atoms with E-state index in [1.807, 2.05) is 25.1 Å². The second kappa shape index (κ2) is 10.1. The highest BCUT2D eigenvalue weighted by Crippen LogP contribution is 2.32. The van der Waals surface area contributed by atoms with Crippen LogP contribution in [-0.2, 0) is 9.59 Å². The third-order valence-corrected chi connectivity index (χ3v) is 5.52. The summed E-state index contributed by atoms with van der Waals surface area (Å²) in [5, 5.41) is 18.0. The van der Waals surface area contributed by atoms with Crippen molar-refractivity contribution in [1.29, 1.82) is 0 Å². The molecule has 0 unspecified atom stereocenters. The molecule has 13 heteroatoms. The van der Waals surface area contributed by atoms with Gasteiger partial charge in [0.2, 0.25) is 23.8 Å². The smallest absolute Gasteiger partial charge is 0.264 e. The maximum atomic E-state index is 12.3. The lowest BCUT2D eigenvalue weighted by molar-refractivity contribution is -0.114. The molecule has 34 heavy (non-hydrogen) atoms. The highest BCUT2D eigenvalue weighted by Gasteiger charge is 2.15. The Hall–Kier alpha value is -4.26.